The largest absolute Gasteiger partial charge is 0.478 e. The van der Waals surface area contributed by atoms with E-state index in [1.807, 2.05) is 24.3 Å². The van der Waals surface area contributed by atoms with Gasteiger partial charge in [0.25, 0.3) is 0 Å². The predicted octanol–water partition coefficient (Wildman–Crippen LogP) is 3.32. The van der Waals surface area contributed by atoms with Crippen LogP contribution in [0.4, 0.5) is 5.82 Å². The van der Waals surface area contributed by atoms with Gasteiger partial charge in [0.15, 0.2) is 0 Å². The molecule has 0 radical (unpaired) electrons. The van der Waals surface area contributed by atoms with Crippen LogP contribution in [-0.4, -0.2) is 23.2 Å². The molecule has 0 aliphatic heterocycles. The molecule has 3 rings (SSSR count). The number of ether oxygens (including phenoxy) is 1. The molecule has 1 aliphatic rings. The minimum absolute atomic E-state index is 0.0585. The number of nitrogens with two attached hydrogens (primary N) is 1. The Hall–Kier alpha value is -2.14. The first-order valence-electron chi connectivity index (χ1n) is 7.56. The van der Waals surface area contributed by atoms with Gasteiger partial charge in [-0.1, -0.05) is 37.5 Å². The summed E-state index contributed by atoms with van der Waals surface area (Å²) in [6.07, 6.45) is 4.79. The second-order valence-electron chi connectivity index (χ2n) is 5.83. The lowest BCUT2D eigenvalue weighted by Crippen LogP contribution is -2.34. The molecule has 22 heavy (non-hydrogen) atoms. The number of hydrogen-bond donors (Lipinski definition) is 2. The average molecular weight is 300 g/mol. The Kier molecular flexibility index (Phi) is 3.74. The van der Waals surface area contributed by atoms with Crippen LogP contribution in [0, 0.1) is 0 Å². The molecule has 5 nitrogen and oxygen atoms in total. The Morgan fingerprint density at radius 1 is 1.27 bits per heavy atom. The van der Waals surface area contributed by atoms with Gasteiger partial charge in [-0.2, -0.15) is 0 Å². The number of nitrogen functional groups attached to an aromatic ring is 1. The van der Waals surface area contributed by atoms with E-state index >= 15 is 0 Å². The maximum atomic E-state index is 11.8. The highest BCUT2D eigenvalue weighted by molar-refractivity contribution is 6.01. The molecule has 116 valence electrons. The molecule has 0 saturated heterocycles. The van der Waals surface area contributed by atoms with E-state index in [1.54, 1.807) is 7.11 Å². The van der Waals surface area contributed by atoms with E-state index < -0.39 is 11.6 Å². The molecule has 0 amide bonds. The van der Waals surface area contributed by atoms with E-state index in [0.717, 1.165) is 37.5 Å². The van der Waals surface area contributed by atoms with E-state index in [-0.39, 0.29) is 11.4 Å². The van der Waals surface area contributed by atoms with Gasteiger partial charge < -0.3 is 15.6 Å². The fourth-order valence-electron chi connectivity index (χ4n) is 3.60. The molecular weight excluding hydrogens is 280 g/mol. The summed E-state index contributed by atoms with van der Waals surface area (Å²) in [5, 5.41) is 10.5. The van der Waals surface area contributed by atoms with Gasteiger partial charge >= 0.3 is 5.97 Å². The van der Waals surface area contributed by atoms with E-state index in [4.69, 9.17) is 10.5 Å². The van der Waals surface area contributed by atoms with Gasteiger partial charge in [-0.25, -0.2) is 9.78 Å². The van der Waals surface area contributed by atoms with Crippen LogP contribution in [0.3, 0.4) is 0 Å². The van der Waals surface area contributed by atoms with Crippen LogP contribution < -0.4 is 5.73 Å². The van der Waals surface area contributed by atoms with Crippen LogP contribution in [0.1, 0.15) is 48.0 Å². The number of carbonyl (C=O) groups is 1. The Morgan fingerprint density at radius 2 is 1.95 bits per heavy atom. The minimum Gasteiger partial charge on any atom is -0.478 e. The molecule has 1 heterocycles. The standard InChI is InChI=1S/C17H20N2O3/c1-22-17(9-5-2-6-10-17)14-11-7-3-4-8-12(11)19-15(18)13(14)16(20)21/h3-4,7-8H,2,5-6,9-10H2,1H3,(H2,18,19)(H,20,21). The van der Waals surface area contributed by atoms with Crippen LogP contribution in [0.5, 0.6) is 0 Å². The summed E-state index contributed by atoms with van der Waals surface area (Å²) in [6, 6.07) is 7.52. The molecule has 0 spiro atoms. The number of aromatic nitrogens is 1. The molecule has 1 fully saturated rings. The number of hydrogen-bond acceptors (Lipinski definition) is 4. The van der Waals surface area contributed by atoms with Gasteiger partial charge in [0.2, 0.25) is 0 Å². The third-order valence-corrected chi connectivity index (χ3v) is 4.64. The number of para-hydroxylation sites is 1. The zero-order chi connectivity index (χ0) is 15.7. The van der Waals surface area contributed by atoms with Gasteiger partial charge in [0.1, 0.15) is 11.4 Å². The number of fused-ring (bicyclic) bond motifs is 1. The second-order valence-corrected chi connectivity index (χ2v) is 5.83. The van der Waals surface area contributed by atoms with Gasteiger partial charge in [-0.15, -0.1) is 0 Å². The van der Waals surface area contributed by atoms with Crippen molar-refractivity contribution < 1.29 is 14.6 Å². The highest BCUT2D eigenvalue weighted by Crippen LogP contribution is 2.45. The number of pyridine rings is 1. The number of anilines is 1. The Balaban J connectivity index is 2.38. The number of rotatable bonds is 3. The van der Waals surface area contributed by atoms with Crippen molar-refractivity contribution >= 4 is 22.7 Å². The molecule has 1 aliphatic carbocycles. The maximum Gasteiger partial charge on any atom is 0.339 e. The zero-order valence-electron chi connectivity index (χ0n) is 12.6. The molecule has 3 N–H and O–H groups in total. The number of methoxy groups -OCH3 is 1. The number of carboxylic acids is 1. The lowest BCUT2D eigenvalue weighted by Gasteiger charge is -2.38. The predicted molar refractivity (Wildman–Crippen MR) is 84.9 cm³/mol. The summed E-state index contributed by atoms with van der Waals surface area (Å²) < 4.78 is 5.87. The quantitative estimate of drug-likeness (QED) is 0.908. The molecule has 5 heteroatoms. The van der Waals surface area contributed by atoms with Gasteiger partial charge in [0, 0.05) is 18.1 Å². The second kappa shape index (κ2) is 5.57. The average Bonchev–Trinajstić information content (AvgIpc) is 2.54. The number of benzene rings is 1. The van der Waals surface area contributed by atoms with Crippen molar-refractivity contribution in [1.82, 2.24) is 4.98 Å². The number of aromatic carboxylic acids is 1. The SMILES string of the molecule is COC1(c2c(C(=O)O)c(N)nc3ccccc23)CCCCC1. The van der Waals surface area contributed by atoms with Crippen LogP contribution in [0.25, 0.3) is 10.9 Å². The van der Waals surface area contributed by atoms with Gasteiger partial charge in [-0.05, 0) is 18.9 Å². The molecule has 0 unspecified atom stereocenters. The molecular formula is C17H20N2O3. The third kappa shape index (κ3) is 2.22. The number of carboxylic acid groups (broad SMARTS) is 1. The Bertz CT molecular complexity index is 721. The first-order chi connectivity index (χ1) is 10.6. The maximum absolute atomic E-state index is 11.8. The van der Waals surface area contributed by atoms with E-state index in [2.05, 4.69) is 4.98 Å². The van der Waals surface area contributed by atoms with Crippen molar-refractivity contribution in [2.24, 2.45) is 0 Å². The molecule has 1 aromatic carbocycles. The molecule has 0 bridgehead atoms. The number of nitrogens with zero attached hydrogens (tertiary/aromatic N) is 1. The van der Waals surface area contributed by atoms with Crippen molar-refractivity contribution in [3.63, 3.8) is 0 Å². The Morgan fingerprint density at radius 3 is 2.59 bits per heavy atom. The normalized spacial score (nSPS) is 17.5. The van der Waals surface area contributed by atoms with E-state index in [1.165, 1.54) is 0 Å². The van der Waals surface area contributed by atoms with E-state index in [9.17, 15) is 9.90 Å². The molecule has 1 saturated carbocycles. The van der Waals surface area contributed by atoms with Crippen LogP contribution in [0.2, 0.25) is 0 Å². The fourth-order valence-corrected chi connectivity index (χ4v) is 3.60. The summed E-state index contributed by atoms with van der Waals surface area (Å²) in [6.45, 7) is 0. The van der Waals surface area contributed by atoms with Crippen molar-refractivity contribution in [2.75, 3.05) is 12.8 Å². The molecule has 1 aromatic heterocycles. The van der Waals surface area contributed by atoms with Crippen LogP contribution >= 0.6 is 0 Å². The van der Waals surface area contributed by atoms with Gasteiger partial charge in [-0.3, -0.25) is 0 Å². The highest BCUT2D eigenvalue weighted by Gasteiger charge is 2.39. The Labute approximate surface area is 129 Å². The lowest BCUT2D eigenvalue weighted by atomic mass is 9.76. The lowest BCUT2D eigenvalue weighted by molar-refractivity contribution is -0.0440. The summed E-state index contributed by atoms with van der Waals surface area (Å²) in [5.74, 6) is -0.990. The monoisotopic (exact) mass is 300 g/mol. The van der Waals surface area contributed by atoms with Crippen LogP contribution in [0.15, 0.2) is 24.3 Å². The summed E-state index contributed by atoms with van der Waals surface area (Å²) in [4.78, 5) is 16.1. The smallest absolute Gasteiger partial charge is 0.339 e. The first-order valence-corrected chi connectivity index (χ1v) is 7.56. The minimum atomic E-state index is -1.05. The van der Waals surface area contributed by atoms with Crippen molar-refractivity contribution in [2.45, 2.75) is 37.7 Å². The summed E-state index contributed by atoms with van der Waals surface area (Å²) in [5.41, 5.74) is 6.85. The topological polar surface area (TPSA) is 85.4 Å². The molecule has 0 atom stereocenters. The third-order valence-electron chi connectivity index (χ3n) is 4.64. The first kappa shape index (κ1) is 14.8. The van der Waals surface area contributed by atoms with Gasteiger partial charge in [0.05, 0.1) is 11.1 Å². The summed E-state index contributed by atoms with van der Waals surface area (Å²) >= 11 is 0. The van der Waals surface area contributed by atoms with Crippen molar-refractivity contribution in [1.29, 1.82) is 0 Å². The fraction of sp³-hybridized carbons (Fsp3) is 0.412. The summed E-state index contributed by atoms with van der Waals surface area (Å²) in [7, 11) is 1.66. The zero-order valence-corrected chi connectivity index (χ0v) is 12.6. The van der Waals surface area contributed by atoms with Crippen molar-refractivity contribution in [3.8, 4) is 0 Å². The highest BCUT2D eigenvalue weighted by atomic mass is 16.5. The van der Waals surface area contributed by atoms with Crippen molar-refractivity contribution in [3.05, 3.63) is 35.4 Å². The van der Waals surface area contributed by atoms with Crippen LogP contribution in [-0.2, 0) is 10.3 Å². The molecule has 2 aromatic rings. The van der Waals surface area contributed by atoms with E-state index in [0.29, 0.717) is 11.1 Å².